The van der Waals surface area contributed by atoms with Crippen LogP contribution in [-0.4, -0.2) is 19.2 Å². The minimum Gasteiger partial charge on any atom is -0.449 e. The van der Waals surface area contributed by atoms with Gasteiger partial charge in [0.05, 0.1) is 6.61 Å². The molecule has 1 fully saturated rings. The summed E-state index contributed by atoms with van der Waals surface area (Å²) in [5.74, 6) is 0.405. The number of carbonyl (C=O) groups excluding carboxylic acids is 1. The molecule has 0 radical (unpaired) electrons. The van der Waals surface area contributed by atoms with E-state index in [4.69, 9.17) is 10.5 Å². The van der Waals surface area contributed by atoms with Gasteiger partial charge in [-0.2, -0.15) is 0 Å². The standard InChI is InChI=1S/C14H19FN2O2/c15-12-5-2-6-13(7-12)17-14(18)19-9-11-4-1-3-10(11)8-16/h2,5-7,10-11H,1,3-4,8-9,16H2,(H,17,18). The quantitative estimate of drug-likeness (QED) is 0.880. The van der Waals surface area contributed by atoms with Crippen molar-refractivity contribution >= 4 is 11.8 Å². The maximum atomic E-state index is 12.9. The first-order valence-corrected chi connectivity index (χ1v) is 6.58. The third-order valence-electron chi connectivity index (χ3n) is 3.62. The number of hydrogen-bond acceptors (Lipinski definition) is 3. The first-order chi connectivity index (χ1) is 9.19. The molecule has 1 aromatic carbocycles. The smallest absolute Gasteiger partial charge is 0.411 e. The molecule has 1 aliphatic carbocycles. The molecule has 104 valence electrons. The average molecular weight is 266 g/mol. The molecule has 5 heteroatoms. The lowest BCUT2D eigenvalue weighted by Gasteiger charge is -2.17. The van der Waals surface area contributed by atoms with Gasteiger partial charge in [0.1, 0.15) is 5.82 Å². The largest absolute Gasteiger partial charge is 0.449 e. The van der Waals surface area contributed by atoms with E-state index in [0.717, 1.165) is 19.3 Å². The second kappa shape index (κ2) is 6.52. The van der Waals surface area contributed by atoms with Crippen molar-refractivity contribution in [1.29, 1.82) is 0 Å². The van der Waals surface area contributed by atoms with Crippen molar-refractivity contribution in [2.24, 2.45) is 17.6 Å². The molecule has 0 bridgehead atoms. The molecule has 2 rings (SSSR count). The number of hydrogen-bond donors (Lipinski definition) is 2. The van der Waals surface area contributed by atoms with Crippen LogP contribution in [0.5, 0.6) is 0 Å². The van der Waals surface area contributed by atoms with Crippen molar-refractivity contribution in [2.45, 2.75) is 19.3 Å². The van der Waals surface area contributed by atoms with Crippen LogP contribution in [0.4, 0.5) is 14.9 Å². The third-order valence-corrected chi connectivity index (χ3v) is 3.62. The van der Waals surface area contributed by atoms with E-state index in [0.29, 0.717) is 30.7 Å². The van der Waals surface area contributed by atoms with Crippen LogP contribution in [0.25, 0.3) is 0 Å². The van der Waals surface area contributed by atoms with Crippen LogP contribution in [0.1, 0.15) is 19.3 Å². The van der Waals surface area contributed by atoms with Gasteiger partial charge in [-0.15, -0.1) is 0 Å². The Morgan fingerprint density at radius 1 is 1.42 bits per heavy atom. The van der Waals surface area contributed by atoms with Gasteiger partial charge < -0.3 is 10.5 Å². The highest BCUT2D eigenvalue weighted by Gasteiger charge is 2.27. The van der Waals surface area contributed by atoms with E-state index >= 15 is 0 Å². The molecule has 1 amide bonds. The fourth-order valence-electron chi connectivity index (χ4n) is 2.55. The fourth-order valence-corrected chi connectivity index (χ4v) is 2.55. The van der Waals surface area contributed by atoms with E-state index < -0.39 is 11.9 Å². The summed E-state index contributed by atoms with van der Waals surface area (Å²) in [6, 6.07) is 5.72. The van der Waals surface area contributed by atoms with Crippen LogP contribution in [0, 0.1) is 17.7 Å². The molecule has 1 aliphatic rings. The number of carbonyl (C=O) groups is 1. The number of nitrogens with one attached hydrogen (secondary N) is 1. The Bertz CT molecular complexity index is 439. The summed E-state index contributed by atoms with van der Waals surface area (Å²) in [4.78, 5) is 11.6. The van der Waals surface area contributed by atoms with Gasteiger partial charge in [-0.05, 0) is 49.4 Å². The zero-order valence-electron chi connectivity index (χ0n) is 10.8. The Labute approximate surface area is 112 Å². The summed E-state index contributed by atoms with van der Waals surface area (Å²) in [5.41, 5.74) is 6.07. The molecular weight excluding hydrogens is 247 g/mol. The van der Waals surface area contributed by atoms with E-state index in [1.165, 1.54) is 18.2 Å². The minimum absolute atomic E-state index is 0.350. The fraction of sp³-hybridized carbons (Fsp3) is 0.500. The van der Waals surface area contributed by atoms with E-state index in [9.17, 15) is 9.18 Å². The van der Waals surface area contributed by atoms with Crippen LogP contribution in [0.3, 0.4) is 0 Å². The maximum Gasteiger partial charge on any atom is 0.411 e. The lowest BCUT2D eigenvalue weighted by molar-refractivity contribution is 0.130. The molecule has 0 aromatic heterocycles. The van der Waals surface area contributed by atoms with E-state index in [1.807, 2.05) is 0 Å². The summed E-state index contributed by atoms with van der Waals surface area (Å²) in [6.45, 7) is 1.02. The van der Waals surface area contributed by atoms with Crippen molar-refractivity contribution in [3.8, 4) is 0 Å². The Kier molecular flexibility index (Phi) is 4.74. The number of amides is 1. The molecule has 0 aliphatic heterocycles. The lowest BCUT2D eigenvalue weighted by atomic mass is 9.97. The second-order valence-corrected chi connectivity index (χ2v) is 4.92. The van der Waals surface area contributed by atoms with Crippen molar-refractivity contribution in [3.63, 3.8) is 0 Å². The molecule has 3 N–H and O–H groups in total. The van der Waals surface area contributed by atoms with Crippen LogP contribution < -0.4 is 11.1 Å². The number of rotatable bonds is 4. The number of ether oxygens (including phenoxy) is 1. The molecule has 0 heterocycles. The number of benzene rings is 1. The van der Waals surface area contributed by atoms with E-state index in [1.54, 1.807) is 6.07 Å². The molecular formula is C14H19FN2O2. The first kappa shape index (κ1) is 13.8. The van der Waals surface area contributed by atoms with Gasteiger partial charge in [0, 0.05) is 5.69 Å². The van der Waals surface area contributed by atoms with Crippen molar-refractivity contribution < 1.29 is 13.9 Å². The Hall–Kier alpha value is -1.62. The number of halogens is 1. The zero-order valence-corrected chi connectivity index (χ0v) is 10.8. The van der Waals surface area contributed by atoms with Crippen LogP contribution in [0.15, 0.2) is 24.3 Å². The van der Waals surface area contributed by atoms with E-state index in [-0.39, 0.29) is 0 Å². The normalized spacial score (nSPS) is 22.2. The minimum atomic E-state index is -0.548. The monoisotopic (exact) mass is 266 g/mol. The Morgan fingerprint density at radius 3 is 2.95 bits per heavy atom. The van der Waals surface area contributed by atoms with Crippen molar-refractivity contribution in [1.82, 2.24) is 0 Å². The number of anilines is 1. The summed E-state index contributed by atoms with van der Waals surface area (Å²) in [5, 5.41) is 2.51. The third kappa shape index (κ3) is 3.92. The predicted molar refractivity (Wildman–Crippen MR) is 71.3 cm³/mol. The molecule has 2 unspecified atom stereocenters. The van der Waals surface area contributed by atoms with Gasteiger partial charge in [-0.3, -0.25) is 5.32 Å². The van der Waals surface area contributed by atoms with Gasteiger partial charge in [0.15, 0.2) is 0 Å². The van der Waals surface area contributed by atoms with Gasteiger partial charge in [-0.25, -0.2) is 9.18 Å². The molecule has 0 spiro atoms. The number of nitrogens with two attached hydrogens (primary N) is 1. The molecule has 1 saturated carbocycles. The summed E-state index contributed by atoms with van der Waals surface area (Å²) >= 11 is 0. The van der Waals surface area contributed by atoms with Crippen LogP contribution in [0.2, 0.25) is 0 Å². The average Bonchev–Trinajstić information content (AvgIpc) is 2.83. The van der Waals surface area contributed by atoms with Gasteiger partial charge in [0.25, 0.3) is 0 Å². The maximum absolute atomic E-state index is 12.9. The predicted octanol–water partition coefficient (Wildman–Crippen LogP) is 2.75. The summed E-state index contributed by atoms with van der Waals surface area (Å²) in [7, 11) is 0. The molecule has 2 atom stereocenters. The van der Waals surface area contributed by atoms with Crippen LogP contribution in [-0.2, 0) is 4.74 Å². The molecule has 19 heavy (non-hydrogen) atoms. The van der Waals surface area contributed by atoms with Gasteiger partial charge >= 0.3 is 6.09 Å². The van der Waals surface area contributed by atoms with Gasteiger partial charge in [-0.1, -0.05) is 12.5 Å². The highest BCUT2D eigenvalue weighted by Crippen LogP contribution is 2.31. The van der Waals surface area contributed by atoms with E-state index in [2.05, 4.69) is 5.32 Å². The van der Waals surface area contributed by atoms with Crippen molar-refractivity contribution in [2.75, 3.05) is 18.5 Å². The molecule has 4 nitrogen and oxygen atoms in total. The first-order valence-electron chi connectivity index (χ1n) is 6.58. The van der Waals surface area contributed by atoms with Crippen molar-refractivity contribution in [3.05, 3.63) is 30.1 Å². The van der Waals surface area contributed by atoms with Gasteiger partial charge in [0.2, 0.25) is 0 Å². The Balaban J connectivity index is 1.78. The zero-order chi connectivity index (χ0) is 13.7. The molecule has 1 aromatic rings. The second-order valence-electron chi connectivity index (χ2n) is 4.92. The summed E-state index contributed by atoms with van der Waals surface area (Å²) < 4.78 is 18.1. The SMILES string of the molecule is NCC1CCCC1COC(=O)Nc1cccc(F)c1. The molecule has 0 saturated heterocycles. The highest BCUT2D eigenvalue weighted by molar-refractivity contribution is 5.84. The summed E-state index contributed by atoms with van der Waals surface area (Å²) in [6.07, 6.45) is 2.75. The topological polar surface area (TPSA) is 64.3 Å². The highest BCUT2D eigenvalue weighted by atomic mass is 19.1. The Morgan fingerprint density at radius 2 is 2.21 bits per heavy atom. The lowest BCUT2D eigenvalue weighted by Crippen LogP contribution is -2.25. The van der Waals surface area contributed by atoms with Crippen LogP contribution >= 0.6 is 0 Å².